The van der Waals surface area contributed by atoms with E-state index in [9.17, 15) is 9.59 Å². The molecule has 1 unspecified atom stereocenters. The number of halogens is 1. The van der Waals surface area contributed by atoms with Crippen LogP contribution in [0, 0.1) is 5.92 Å². The number of urea groups is 1. The van der Waals surface area contributed by atoms with E-state index in [-0.39, 0.29) is 18.0 Å². The van der Waals surface area contributed by atoms with Gasteiger partial charge in [0.1, 0.15) is 18.8 Å². The molecule has 1 N–H and O–H groups in total. The zero-order valence-corrected chi connectivity index (χ0v) is 19.6. The van der Waals surface area contributed by atoms with Crippen LogP contribution in [0.4, 0.5) is 15.3 Å². The summed E-state index contributed by atoms with van der Waals surface area (Å²) in [5.74, 6) is 1.48. The Labute approximate surface area is 185 Å². The predicted molar refractivity (Wildman–Crippen MR) is 117 cm³/mol. The number of fused-ring (bicyclic) bond motifs is 1. The molecule has 0 aliphatic carbocycles. The highest BCUT2D eigenvalue weighted by Crippen LogP contribution is 2.38. The number of amides is 3. The lowest BCUT2D eigenvalue weighted by molar-refractivity contribution is 0.0253. The molecule has 0 saturated carbocycles. The second-order valence-electron chi connectivity index (χ2n) is 8.72. The minimum Gasteiger partial charge on any atom is -0.486 e. The maximum Gasteiger partial charge on any atom is 0.410 e. The van der Waals surface area contributed by atoms with Crippen molar-refractivity contribution in [3.05, 3.63) is 16.6 Å². The fourth-order valence-corrected chi connectivity index (χ4v) is 3.98. The third-order valence-electron chi connectivity index (χ3n) is 4.92. The van der Waals surface area contributed by atoms with E-state index in [2.05, 4.69) is 21.2 Å². The molecule has 2 aliphatic heterocycles. The second kappa shape index (κ2) is 9.32. The molecule has 1 aromatic carbocycles. The summed E-state index contributed by atoms with van der Waals surface area (Å²) in [6.45, 7) is 8.36. The molecule has 1 atom stereocenters. The number of piperidine rings is 1. The number of carbonyl (C=O) groups excluding carboxylic acids is 2. The van der Waals surface area contributed by atoms with Crippen LogP contribution in [0.25, 0.3) is 0 Å². The van der Waals surface area contributed by atoms with Gasteiger partial charge >= 0.3 is 12.1 Å². The van der Waals surface area contributed by atoms with Gasteiger partial charge in [-0.25, -0.2) is 9.59 Å². The molecular weight excluding hydrogens is 454 g/mol. The van der Waals surface area contributed by atoms with Crippen molar-refractivity contribution in [1.82, 2.24) is 9.80 Å². The lowest BCUT2D eigenvalue weighted by Crippen LogP contribution is -2.46. The van der Waals surface area contributed by atoms with Gasteiger partial charge < -0.3 is 29.3 Å². The SMILES string of the molecule is CN(CC1CCCN(C(=O)Nc2cc3c(cc2Br)OCCO3)C1)C(=O)OC(C)(C)C. The summed E-state index contributed by atoms with van der Waals surface area (Å²) in [5.41, 5.74) is 0.109. The Morgan fingerprint density at radius 3 is 2.60 bits per heavy atom. The van der Waals surface area contributed by atoms with Crippen LogP contribution in [0.1, 0.15) is 33.6 Å². The Kier molecular flexibility index (Phi) is 7.00. The van der Waals surface area contributed by atoms with Gasteiger partial charge in [0, 0.05) is 43.3 Å². The number of benzene rings is 1. The molecule has 2 aliphatic rings. The fraction of sp³-hybridized carbons (Fsp3) is 0.619. The first-order valence-electron chi connectivity index (χ1n) is 10.2. The van der Waals surface area contributed by atoms with Gasteiger partial charge in [0.15, 0.2) is 11.5 Å². The molecule has 1 saturated heterocycles. The summed E-state index contributed by atoms with van der Waals surface area (Å²) in [7, 11) is 1.74. The van der Waals surface area contributed by atoms with Crippen molar-refractivity contribution in [2.75, 3.05) is 45.2 Å². The molecule has 9 heteroatoms. The van der Waals surface area contributed by atoms with Crippen molar-refractivity contribution in [2.45, 2.75) is 39.2 Å². The maximum atomic E-state index is 12.9. The van der Waals surface area contributed by atoms with Gasteiger partial charge in [-0.15, -0.1) is 0 Å². The van der Waals surface area contributed by atoms with Crippen molar-refractivity contribution in [2.24, 2.45) is 5.92 Å². The van der Waals surface area contributed by atoms with Crippen molar-refractivity contribution < 1.29 is 23.8 Å². The summed E-state index contributed by atoms with van der Waals surface area (Å²) < 4.78 is 17.3. The highest BCUT2D eigenvalue weighted by atomic mass is 79.9. The first-order valence-corrected chi connectivity index (χ1v) is 11.0. The van der Waals surface area contributed by atoms with Crippen LogP contribution in [-0.2, 0) is 4.74 Å². The highest BCUT2D eigenvalue weighted by molar-refractivity contribution is 9.10. The van der Waals surface area contributed by atoms with E-state index in [4.69, 9.17) is 14.2 Å². The van der Waals surface area contributed by atoms with Crippen molar-refractivity contribution in [1.29, 1.82) is 0 Å². The zero-order chi connectivity index (χ0) is 21.9. The monoisotopic (exact) mass is 483 g/mol. The Morgan fingerprint density at radius 2 is 1.93 bits per heavy atom. The minimum atomic E-state index is -0.527. The number of nitrogens with one attached hydrogen (secondary N) is 1. The van der Waals surface area contributed by atoms with Crippen molar-refractivity contribution in [3.8, 4) is 11.5 Å². The summed E-state index contributed by atoms with van der Waals surface area (Å²) in [5, 5.41) is 2.96. The number of ether oxygens (including phenoxy) is 3. The molecule has 166 valence electrons. The smallest absolute Gasteiger partial charge is 0.410 e. The van der Waals surface area contributed by atoms with E-state index in [0.29, 0.717) is 50.0 Å². The molecule has 0 radical (unpaired) electrons. The summed E-state index contributed by atoms with van der Waals surface area (Å²) in [6, 6.07) is 3.41. The number of hydrogen-bond acceptors (Lipinski definition) is 5. The molecule has 3 amide bonds. The number of nitrogens with zero attached hydrogens (tertiary/aromatic N) is 2. The average Bonchev–Trinajstić information content (AvgIpc) is 2.67. The van der Waals surface area contributed by atoms with Gasteiger partial charge in [0.05, 0.1) is 5.69 Å². The highest BCUT2D eigenvalue weighted by Gasteiger charge is 2.28. The van der Waals surface area contributed by atoms with Gasteiger partial charge in [-0.2, -0.15) is 0 Å². The van der Waals surface area contributed by atoms with Crippen LogP contribution in [0.2, 0.25) is 0 Å². The van der Waals surface area contributed by atoms with Crippen LogP contribution in [0.15, 0.2) is 16.6 Å². The van der Waals surface area contributed by atoms with E-state index in [1.165, 1.54) is 0 Å². The molecule has 0 spiro atoms. The van der Waals surface area contributed by atoms with Crippen LogP contribution < -0.4 is 14.8 Å². The van der Waals surface area contributed by atoms with Gasteiger partial charge in [-0.3, -0.25) is 0 Å². The second-order valence-corrected chi connectivity index (χ2v) is 9.58. The van der Waals surface area contributed by atoms with Crippen LogP contribution in [-0.4, -0.2) is 67.4 Å². The lowest BCUT2D eigenvalue weighted by Gasteiger charge is -2.35. The Hall–Kier alpha value is -2.16. The van der Waals surface area contributed by atoms with E-state index in [0.717, 1.165) is 17.3 Å². The summed E-state index contributed by atoms with van der Waals surface area (Å²) >= 11 is 3.49. The average molecular weight is 484 g/mol. The number of likely N-dealkylation sites (tertiary alicyclic amines) is 1. The third kappa shape index (κ3) is 5.93. The molecule has 30 heavy (non-hydrogen) atoms. The summed E-state index contributed by atoms with van der Waals surface area (Å²) in [6.07, 6.45) is 1.51. The minimum absolute atomic E-state index is 0.169. The number of carbonyl (C=O) groups is 2. The molecule has 0 aromatic heterocycles. The van der Waals surface area contributed by atoms with Gasteiger partial charge in [0.2, 0.25) is 0 Å². The molecule has 3 rings (SSSR count). The molecular formula is C21H30BrN3O5. The molecule has 1 aromatic rings. The maximum absolute atomic E-state index is 12.9. The van der Waals surface area contributed by atoms with E-state index >= 15 is 0 Å². The molecule has 2 heterocycles. The first-order chi connectivity index (χ1) is 14.1. The topological polar surface area (TPSA) is 80.3 Å². The molecule has 8 nitrogen and oxygen atoms in total. The molecule has 0 bridgehead atoms. The van der Waals surface area contributed by atoms with Gasteiger partial charge in [-0.05, 0) is 55.5 Å². The van der Waals surface area contributed by atoms with E-state index in [1.54, 1.807) is 29.0 Å². The number of hydrogen-bond donors (Lipinski definition) is 1. The van der Waals surface area contributed by atoms with Gasteiger partial charge in [0.25, 0.3) is 0 Å². The van der Waals surface area contributed by atoms with Crippen molar-refractivity contribution in [3.63, 3.8) is 0 Å². The Morgan fingerprint density at radius 1 is 1.27 bits per heavy atom. The summed E-state index contributed by atoms with van der Waals surface area (Å²) in [4.78, 5) is 28.5. The van der Waals surface area contributed by atoms with Gasteiger partial charge in [-0.1, -0.05) is 0 Å². The molecule has 1 fully saturated rings. The van der Waals surface area contributed by atoms with E-state index in [1.807, 2.05) is 20.8 Å². The zero-order valence-electron chi connectivity index (χ0n) is 18.0. The number of rotatable bonds is 3. The Balaban J connectivity index is 1.57. The third-order valence-corrected chi connectivity index (χ3v) is 5.57. The largest absolute Gasteiger partial charge is 0.486 e. The lowest BCUT2D eigenvalue weighted by atomic mass is 9.98. The van der Waals surface area contributed by atoms with Crippen molar-refractivity contribution >= 4 is 33.7 Å². The standard InChI is InChI=1S/C21H30BrN3O5/c1-21(2,3)30-20(27)24(4)12-14-6-5-7-25(13-14)19(26)23-16-11-18-17(10-15(16)22)28-8-9-29-18/h10-11,14H,5-9,12-13H2,1-4H3,(H,23,26). The Bertz CT molecular complexity index is 796. The van der Waals surface area contributed by atoms with Crippen LogP contribution in [0.5, 0.6) is 11.5 Å². The normalized spacial score (nSPS) is 18.6. The van der Waals surface area contributed by atoms with Crippen LogP contribution in [0.3, 0.4) is 0 Å². The van der Waals surface area contributed by atoms with Crippen LogP contribution >= 0.6 is 15.9 Å². The first kappa shape index (κ1) is 22.5. The number of anilines is 1. The fourth-order valence-electron chi connectivity index (χ4n) is 3.55. The quantitative estimate of drug-likeness (QED) is 0.691. The predicted octanol–water partition coefficient (Wildman–Crippen LogP) is 4.33. The van der Waals surface area contributed by atoms with E-state index < -0.39 is 5.60 Å².